The maximum absolute atomic E-state index is 9.01. The molecule has 0 bridgehead atoms. The topological polar surface area (TPSA) is 55.2 Å². The van der Waals surface area contributed by atoms with E-state index in [0.717, 1.165) is 0 Å². The third-order valence-electron chi connectivity index (χ3n) is 2.03. The molecule has 5 heteroatoms. The van der Waals surface area contributed by atoms with Crippen LogP contribution in [0.5, 0.6) is 5.88 Å². The summed E-state index contributed by atoms with van der Waals surface area (Å²) < 4.78 is 4.96. The van der Waals surface area contributed by atoms with E-state index in [1.54, 1.807) is 12.1 Å². The number of fused-ring (bicyclic) bond motifs is 1. The average molecular weight is 225 g/mol. The molecule has 1 heterocycles. The van der Waals surface area contributed by atoms with Crippen LogP contribution in [0.4, 0.5) is 0 Å². The van der Waals surface area contributed by atoms with Crippen molar-refractivity contribution in [3.05, 3.63) is 28.9 Å². The van der Waals surface area contributed by atoms with E-state index in [1.165, 1.54) is 13.3 Å². The average Bonchev–Trinajstić information content (AvgIpc) is 2.28. The minimum absolute atomic E-state index is 0.0749. The summed E-state index contributed by atoms with van der Waals surface area (Å²) in [6.45, 7) is -0.0749. The number of hydrogen-bond acceptors (Lipinski definition) is 4. The SMILES string of the molecule is COc1cnc2c(Cl)cc(CO)cc2n1. The molecule has 4 nitrogen and oxygen atoms in total. The summed E-state index contributed by atoms with van der Waals surface area (Å²) in [5.41, 5.74) is 1.93. The number of rotatable bonds is 2. The molecule has 1 N–H and O–H groups in total. The minimum Gasteiger partial charge on any atom is -0.480 e. The highest BCUT2D eigenvalue weighted by atomic mass is 35.5. The predicted molar refractivity (Wildman–Crippen MR) is 57.0 cm³/mol. The number of ether oxygens (including phenoxy) is 1. The molecule has 1 aromatic carbocycles. The highest BCUT2D eigenvalue weighted by Gasteiger charge is 2.05. The lowest BCUT2D eigenvalue weighted by molar-refractivity contribution is 0.282. The highest BCUT2D eigenvalue weighted by molar-refractivity contribution is 6.34. The van der Waals surface area contributed by atoms with E-state index in [4.69, 9.17) is 21.4 Å². The highest BCUT2D eigenvalue weighted by Crippen LogP contribution is 2.23. The minimum atomic E-state index is -0.0749. The van der Waals surface area contributed by atoms with Crippen LogP contribution in [0.3, 0.4) is 0 Å². The van der Waals surface area contributed by atoms with Crippen molar-refractivity contribution >= 4 is 22.6 Å². The number of hydrogen-bond donors (Lipinski definition) is 1. The number of aromatic nitrogens is 2. The molecule has 0 atom stereocenters. The maximum atomic E-state index is 9.01. The molecule has 0 aliphatic carbocycles. The van der Waals surface area contributed by atoms with Crippen LogP contribution in [0.15, 0.2) is 18.3 Å². The second-order valence-electron chi connectivity index (χ2n) is 3.02. The zero-order valence-corrected chi connectivity index (χ0v) is 8.82. The van der Waals surface area contributed by atoms with Gasteiger partial charge in [0.05, 0.1) is 30.5 Å². The molecule has 0 aliphatic rings. The lowest BCUT2D eigenvalue weighted by Crippen LogP contribution is -1.93. The zero-order chi connectivity index (χ0) is 10.8. The van der Waals surface area contributed by atoms with E-state index >= 15 is 0 Å². The summed E-state index contributed by atoms with van der Waals surface area (Å²) in [4.78, 5) is 8.31. The Bertz CT molecular complexity index is 497. The Morgan fingerprint density at radius 3 is 2.93 bits per heavy atom. The first-order valence-corrected chi connectivity index (χ1v) is 4.72. The Kier molecular flexibility index (Phi) is 2.70. The first-order chi connectivity index (χ1) is 7.24. The number of halogens is 1. The Labute approximate surface area is 91.5 Å². The van der Waals surface area contributed by atoms with E-state index in [0.29, 0.717) is 27.5 Å². The van der Waals surface area contributed by atoms with Gasteiger partial charge in [0.1, 0.15) is 5.52 Å². The Hall–Kier alpha value is -1.39. The van der Waals surface area contributed by atoms with Crippen LogP contribution < -0.4 is 4.74 Å². The van der Waals surface area contributed by atoms with Gasteiger partial charge in [0, 0.05) is 0 Å². The van der Waals surface area contributed by atoms with Gasteiger partial charge in [-0.2, -0.15) is 0 Å². The Morgan fingerprint density at radius 2 is 2.27 bits per heavy atom. The largest absolute Gasteiger partial charge is 0.480 e. The smallest absolute Gasteiger partial charge is 0.232 e. The molecular weight excluding hydrogens is 216 g/mol. The van der Waals surface area contributed by atoms with Gasteiger partial charge in [0.25, 0.3) is 0 Å². The number of nitrogens with zero attached hydrogens (tertiary/aromatic N) is 2. The number of aliphatic hydroxyl groups is 1. The first kappa shape index (κ1) is 10.1. The van der Waals surface area contributed by atoms with Gasteiger partial charge in [-0.3, -0.25) is 0 Å². The van der Waals surface area contributed by atoms with Crippen LogP contribution in [-0.2, 0) is 6.61 Å². The second kappa shape index (κ2) is 4.00. The zero-order valence-electron chi connectivity index (χ0n) is 8.07. The van der Waals surface area contributed by atoms with E-state index in [2.05, 4.69) is 9.97 Å². The summed E-state index contributed by atoms with van der Waals surface area (Å²) in [5.74, 6) is 0.425. The number of methoxy groups -OCH3 is 1. The van der Waals surface area contributed by atoms with Gasteiger partial charge in [-0.15, -0.1) is 0 Å². The Balaban J connectivity index is 2.69. The van der Waals surface area contributed by atoms with Crippen LogP contribution >= 0.6 is 11.6 Å². The van der Waals surface area contributed by atoms with Gasteiger partial charge < -0.3 is 9.84 Å². The van der Waals surface area contributed by atoms with E-state index in [1.807, 2.05) is 0 Å². The molecule has 0 spiro atoms. The predicted octanol–water partition coefficient (Wildman–Crippen LogP) is 1.78. The van der Waals surface area contributed by atoms with Crippen molar-refractivity contribution < 1.29 is 9.84 Å². The van der Waals surface area contributed by atoms with Crippen LogP contribution in [0.25, 0.3) is 11.0 Å². The molecule has 0 radical (unpaired) electrons. The fourth-order valence-electron chi connectivity index (χ4n) is 1.31. The summed E-state index contributed by atoms with van der Waals surface area (Å²) in [6, 6.07) is 3.40. The van der Waals surface area contributed by atoms with Crippen molar-refractivity contribution in [3.63, 3.8) is 0 Å². The van der Waals surface area contributed by atoms with Gasteiger partial charge in [0.2, 0.25) is 5.88 Å². The summed E-state index contributed by atoms with van der Waals surface area (Å²) >= 11 is 5.98. The molecule has 0 saturated carbocycles. The van der Waals surface area contributed by atoms with Crippen LogP contribution in [0.2, 0.25) is 5.02 Å². The quantitative estimate of drug-likeness (QED) is 0.845. The van der Waals surface area contributed by atoms with Gasteiger partial charge in [-0.1, -0.05) is 11.6 Å². The lowest BCUT2D eigenvalue weighted by Gasteiger charge is -2.04. The standard InChI is InChI=1S/C10H9ClN2O2/c1-15-9-4-12-10-7(11)2-6(5-14)3-8(10)13-9/h2-4,14H,5H2,1H3. The van der Waals surface area contributed by atoms with Crippen LogP contribution in [-0.4, -0.2) is 22.2 Å². The molecule has 15 heavy (non-hydrogen) atoms. The lowest BCUT2D eigenvalue weighted by atomic mass is 10.2. The molecule has 1 aromatic heterocycles. The molecule has 0 amide bonds. The fraction of sp³-hybridized carbons (Fsp3) is 0.200. The molecule has 0 fully saturated rings. The van der Waals surface area contributed by atoms with Gasteiger partial charge in [-0.25, -0.2) is 9.97 Å². The molecule has 78 valence electrons. The fourth-order valence-corrected chi connectivity index (χ4v) is 1.59. The van der Waals surface area contributed by atoms with Gasteiger partial charge in [-0.05, 0) is 17.7 Å². The van der Waals surface area contributed by atoms with Crippen molar-refractivity contribution in [2.75, 3.05) is 7.11 Å². The summed E-state index contributed by atoms with van der Waals surface area (Å²) in [7, 11) is 1.52. The summed E-state index contributed by atoms with van der Waals surface area (Å²) in [5, 5.41) is 9.49. The third kappa shape index (κ3) is 1.86. The molecule has 0 saturated heterocycles. The number of benzene rings is 1. The van der Waals surface area contributed by atoms with Crippen molar-refractivity contribution in [3.8, 4) is 5.88 Å². The van der Waals surface area contributed by atoms with Crippen molar-refractivity contribution in [1.82, 2.24) is 9.97 Å². The van der Waals surface area contributed by atoms with E-state index < -0.39 is 0 Å². The van der Waals surface area contributed by atoms with Gasteiger partial charge >= 0.3 is 0 Å². The molecule has 0 aliphatic heterocycles. The second-order valence-corrected chi connectivity index (χ2v) is 3.42. The van der Waals surface area contributed by atoms with Crippen LogP contribution in [0, 0.1) is 0 Å². The normalized spacial score (nSPS) is 10.6. The monoisotopic (exact) mass is 224 g/mol. The molecule has 2 aromatic rings. The van der Waals surface area contributed by atoms with Crippen molar-refractivity contribution in [2.45, 2.75) is 6.61 Å². The molecule has 0 unspecified atom stereocenters. The Morgan fingerprint density at radius 1 is 1.47 bits per heavy atom. The third-order valence-corrected chi connectivity index (χ3v) is 2.32. The number of aliphatic hydroxyl groups excluding tert-OH is 1. The van der Waals surface area contributed by atoms with E-state index in [9.17, 15) is 0 Å². The van der Waals surface area contributed by atoms with Crippen molar-refractivity contribution in [1.29, 1.82) is 0 Å². The summed E-state index contributed by atoms with van der Waals surface area (Å²) in [6.07, 6.45) is 1.51. The molecule has 2 rings (SSSR count). The van der Waals surface area contributed by atoms with Crippen LogP contribution in [0.1, 0.15) is 5.56 Å². The van der Waals surface area contributed by atoms with Crippen molar-refractivity contribution in [2.24, 2.45) is 0 Å². The molecular formula is C10H9ClN2O2. The first-order valence-electron chi connectivity index (χ1n) is 4.34. The van der Waals surface area contributed by atoms with E-state index in [-0.39, 0.29) is 6.61 Å². The maximum Gasteiger partial charge on any atom is 0.232 e. The van der Waals surface area contributed by atoms with Gasteiger partial charge in [0.15, 0.2) is 0 Å².